The molecule has 2 saturated carbocycles. The summed E-state index contributed by atoms with van der Waals surface area (Å²) in [5.74, 6) is -2.88. The first-order valence-electron chi connectivity index (χ1n) is 7.86. The van der Waals surface area contributed by atoms with Crippen LogP contribution in [0.15, 0.2) is 18.2 Å². The van der Waals surface area contributed by atoms with Crippen LogP contribution in [0.4, 0.5) is 5.69 Å². The Morgan fingerprint density at radius 2 is 1.88 bits per heavy atom. The molecule has 0 unspecified atom stereocenters. The van der Waals surface area contributed by atoms with Crippen LogP contribution < -0.4 is 10.6 Å². The maximum Gasteiger partial charge on any atom is 0.307 e. The first-order valence-corrected chi connectivity index (χ1v) is 8.23. The minimum absolute atomic E-state index is 0.204. The number of carbonyl (C=O) groups excluding carboxylic acids is 2. The van der Waals surface area contributed by atoms with E-state index in [0.717, 1.165) is 12.8 Å². The fraction of sp³-hybridized carbons (Fsp3) is 0.471. The number of aliphatic carboxylic acids is 1. The van der Waals surface area contributed by atoms with Crippen LogP contribution in [0.5, 0.6) is 0 Å². The number of anilines is 1. The molecule has 2 atom stereocenters. The van der Waals surface area contributed by atoms with Gasteiger partial charge in [0.15, 0.2) is 0 Å². The quantitative estimate of drug-likeness (QED) is 0.760. The number of hydrogen-bond donors (Lipinski definition) is 3. The lowest BCUT2D eigenvalue weighted by molar-refractivity contribution is -0.140. The fourth-order valence-electron chi connectivity index (χ4n) is 3.08. The number of carboxylic acid groups (broad SMARTS) is 1. The maximum absolute atomic E-state index is 12.4. The summed E-state index contributed by atoms with van der Waals surface area (Å²) in [6, 6.07) is 4.86. The van der Waals surface area contributed by atoms with Gasteiger partial charge in [0.25, 0.3) is 5.91 Å². The second-order valence-corrected chi connectivity index (χ2v) is 7.45. The average Bonchev–Trinajstić information content (AvgIpc) is 3.37. The summed E-state index contributed by atoms with van der Waals surface area (Å²) in [5, 5.41) is 15.0. The molecule has 0 aromatic heterocycles. The van der Waals surface area contributed by atoms with E-state index in [1.54, 1.807) is 26.0 Å². The summed E-state index contributed by atoms with van der Waals surface area (Å²) in [7, 11) is 0. The van der Waals surface area contributed by atoms with E-state index < -0.39 is 23.2 Å². The monoisotopic (exact) mass is 350 g/mol. The van der Waals surface area contributed by atoms with E-state index >= 15 is 0 Å². The van der Waals surface area contributed by atoms with Crippen LogP contribution >= 0.6 is 11.6 Å². The Morgan fingerprint density at radius 3 is 2.42 bits per heavy atom. The Labute approximate surface area is 144 Å². The average molecular weight is 351 g/mol. The molecule has 1 aromatic carbocycles. The third-order valence-corrected chi connectivity index (χ3v) is 5.10. The molecule has 2 fully saturated rings. The number of nitrogens with one attached hydrogen (secondary N) is 2. The highest BCUT2D eigenvalue weighted by atomic mass is 35.5. The molecule has 0 bridgehead atoms. The highest BCUT2D eigenvalue weighted by molar-refractivity contribution is 6.34. The third kappa shape index (κ3) is 3.11. The van der Waals surface area contributed by atoms with E-state index in [9.17, 15) is 14.4 Å². The number of hydrogen-bond acceptors (Lipinski definition) is 3. The first kappa shape index (κ1) is 16.8. The number of carboxylic acids is 1. The van der Waals surface area contributed by atoms with Gasteiger partial charge in [-0.15, -0.1) is 0 Å². The van der Waals surface area contributed by atoms with Crippen molar-refractivity contribution in [2.75, 3.05) is 5.32 Å². The lowest BCUT2D eigenvalue weighted by Crippen LogP contribution is -2.26. The summed E-state index contributed by atoms with van der Waals surface area (Å²) in [4.78, 5) is 35.7. The topological polar surface area (TPSA) is 95.5 Å². The second-order valence-electron chi connectivity index (χ2n) is 7.05. The van der Waals surface area contributed by atoms with Gasteiger partial charge in [-0.05, 0) is 36.5 Å². The van der Waals surface area contributed by atoms with E-state index in [-0.39, 0.29) is 17.9 Å². The van der Waals surface area contributed by atoms with E-state index in [1.165, 1.54) is 6.07 Å². The summed E-state index contributed by atoms with van der Waals surface area (Å²) < 4.78 is 0. The molecule has 2 aliphatic carbocycles. The minimum Gasteiger partial charge on any atom is -0.481 e. The van der Waals surface area contributed by atoms with Crippen molar-refractivity contribution in [1.29, 1.82) is 0 Å². The van der Waals surface area contributed by atoms with Gasteiger partial charge >= 0.3 is 5.97 Å². The van der Waals surface area contributed by atoms with Crippen molar-refractivity contribution in [3.8, 4) is 0 Å². The molecule has 0 radical (unpaired) electrons. The van der Waals surface area contributed by atoms with E-state index in [0.29, 0.717) is 16.3 Å². The Kier molecular flexibility index (Phi) is 4.03. The van der Waals surface area contributed by atoms with Crippen LogP contribution in [0.3, 0.4) is 0 Å². The molecular formula is C17H19ClN2O4. The molecule has 2 aliphatic rings. The highest BCUT2D eigenvalue weighted by Gasteiger charge is 2.65. The molecule has 3 rings (SSSR count). The van der Waals surface area contributed by atoms with Crippen molar-refractivity contribution in [3.63, 3.8) is 0 Å². The van der Waals surface area contributed by atoms with Crippen molar-refractivity contribution in [3.05, 3.63) is 28.8 Å². The molecule has 24 heavy (non-hydrogen) atoms. The molecule has 1 aromatic rings. The summed E-state index contributed by atoms with van der Waals surface area (Å²) in [5.41, 5.74) is 0.150. The number of amides is 2. The van der Waals surface area contributed by atoms with Crippen LogP contribution in [0.25, 0.3) is 0 Å². The Morgan fingerprint density at radius 1 is 1.21 bits per heavy atom. The maximum atomic E-state index is 12.4. The molecule has 7 heteroatoms. The van der Waals surface area contributed by atoms with Crippen molar-refractivity contribution in [2.45, 2.75) is 32.7 Å². The van der Waals surface area contributed by atoms with Crippen LogP contribution in [-0.4, -0.2) is 28.9 Å². The molecule has 0 heterocycles. The predicted octanol–water partition coefficient (Wildman–Crippen LogP) is 2.53. The number of halogens is 1. The number of rotatable bonds is 5. The molecule has 6 nitrogen and oxygen atoms in total. The number of carbonyl (C=O) groups is 3. The summed E-state index contributed by atoms with van der Waals surface area (Å²) in [6.45, 7) is 3.51. The smallest absolute Gasteiger partial charge is 0.307 e. The molecule has 0 aliphatic heterocycles. The lowest BCUT2D eigenvalue weighted by Gasteiger charge is -2.10. The second kappa shape index (κ2) is 5.77. The van der Waals surface area contributed by atoms with Gasteiger partial charge in [0.05, 0.1) is 22.4 Å². The molecule has 3 N–H and O–H groups in total. The molecular weight excluding hydrogens is 332 g/mol. The SMILES string of the molecule is CC1(C)[C@H](C(=O)O)[C@@H]1C(=O)Nc1ccc(Cl)c(C(=O)NC2CC2)c1. The van der Waals surface area contributed by atoms with Crippen molar-refractivity contribution in [1.82, 2.24) is 5.32 Å². The minimum atomic E-state index is -0.972. The Balaban J connectivity index is 1.72. The van der Waals surface area contributed by atoms with Crippen molar-refractivity contribution in [2.24, 2.45) is 17.3 Å². The number of benzene rings is 1. The highest BCUT2D eigenvalue weighted by Crippen LogP contribution is 2.58. The van der Waals surface area contributed by atoms with Gasteiger partial charge in [-0.3, -0.25) is 14.4 Å². The lowest BCUT2D eigenvalue weighted by atomic mass is 10.1. The fourth-order valence-corrected chi connectivity index (χ4v) is 3.28. The van der Waals surface area contributed by atoms with Gasteiger partial charge in [0, 0.05) is 11.7 Å². The molecule has 0 saturated heterocycles. The molecule has 2 amide bonds. The zero-order valence-corrected chi connectivity index (χ0v) is 14.2. The van der Waals surface area contributed by atoms with E-state index in [1.807, 2.05) is 0 Å². The molecule has 128 valence electrons. The van der Waals surface area contributed by atoms with E-state index in [2.05, 4.69) is 10.6 Å². The van der Waals surface area contributed by atoms with Crippen LogP contribution in [-0.2, 0) is 9.59 Å². The van der Waals surface area contributed by atoms with Crippen molar-refractivity contribution < 1.29 is 19.5 Å². The Bertz CT molecular complexity index is 727. The third-order valence-electron chi connectivity index (χ3n) is 4.77. The van der Waals surface area contributed by atoms with Gasteiger partial charge in [0.2, 0.25) is 5.91 Å². The largest absolute Gasteiger partial charge is 0.481 e. The molecule has 0 spiro atoms. The van der Waals surface area contributed by atoms with Gasteiger partial charge in [0.1, 0.15) is 0 Å². The van der Waals surface area contributed by atoms with Gasteiger partial charge < -0.3 is 15.7 Å². The van der Waals surface area contributed by atoms with Gasteiger partial charge in [-0.25, -0.2) is 0 Å². The summed E-state index contributed by atoms with van der Waals surface area (Å²) in [6.07, 6.45) is 1.93. The van der Waals surface area contributed by atoms with Gasteiger partial charge in [-0.2, -0.15) is 0 Å². The zero-order valence-electron chi connectivity index (χ0n) is 13.4. The van der Waals surface area contributed by atoms with Gasteiger partial charge in [-0.1, -0.05) is 25.4 Å². The normalized spacial score (nSPS) is 24.1. The summed E-state index contributed by atoms with van der Waals surface area (Å²) >= 11 is 6.07. The predicted molar refractivity (Wildman–Crippen MR) is 89.0 cm³/mol. The Hall–Kier alpha value is -2.08. The van der Waals surface area contributed by atoms with Crippen LogP contribution in [0.1, 0.15) is 37.0 Å². The first-order chi connectivity index (χ1) is 11.2. The van der Waals surface area contributed by atoms with E-state index in [4.69, 9.17) is 16.7 Å². The van der Waals surface area contributed by atoms with Crippen LogP contribution in [0, 0.1) is 17.3 Å². The van der Waals surface area contributed by atoms with Crippen LogP contribution in [0.2, 0.25) is 5.02 Å². The standard InChI is InChI=1S/C17H19ClN2O4/c1-17(2)12(13(17)16(23)24)15(22)20-9-5-6-11(18)10(7-9)14(21)19-8-3-4-8/h5-8,12-13H,3-4H2,1-2H3,(H,19,21)(H,20,22)(H,23,24)/t12-,13+/m1/s1. The zero-order chi connectivity index (χ0) is 17.6. The van der Waals surface area contributed by atoms with Crippen molar-refractivity contribution >= 4 is 35.1 Å².